The molecule has 0 aromatic rings. The summed E-state index contributed by atoms with van der Waals surface area (Å²) in [6, 6.07) is -1.33. The van der Waals surface area contributed by atoms with Crippen molar-refractivity contribution in [3.8, 4) is 0 Å². The Hall–Kier alpha value is -2.55. The zero-order valence-corrected chi connectivity index (χ0v) is 24.2. The van der Waals surface area contributed by atoms with Crippen LogP contribution in [0, 0.1) is 11.3 Å². The topological polar surface area (TPSA) is 109 Å². The van der Waals surface area contributed by atoms with Crippen molar-refractivity contribution in [2.24, 2.45) is 11.3 Å². The van der Waals surface area contributed by atoms with Crippen molar-refractivity contribution in [2.45, 2.75) is 116 Å². The third kappa shape index (κ3) is 8.22. The Bertz CT molecular complexity index is 919. The van der Waals surface area contributed by atoms with Gasteiger partial charge in [0.1, 0.15) is 17.7 Å². The monoisotopic (exact) mass is 532 g/mol. The number of allylic oxidation sites excluding steroid dienone is 1. The number of rotatable bonds is 5. The summed E-state index contributed by atoms with van der Waals surface area (Å²) < 4.78 is 5.42. The van der Waals surface area contributed by atoms with E-state index >= 15 is 0 Å². The molecule has 3 rings (SSSR count). The Labute approximate surface area is 228 Å². The Morgan fingerprint density at radius 1 is 1.13 bits per heavy atom. The molecule has 0 bridgehead atoms. The van der Waals surface area contributed by atoms with Crippen LogP contribution in [0.1, 0.15) is 92.9 Å². The predicted octanol–water partition coefficient (Wildman–Crippen LogP) is 4.35. The summed E-state index contributed by atoms with van der Waals surface area (Å²) in [5, 5.41) is 6.01. The average molecular weight is 533 g/mol. The number of alkyl carbamates (subject to hydrolysis) is 1. The molecule has 0 unspecified atom stereocenters. The molecular formula is C29H48N4O5. The molecule has 2 fully saturated rings. The number of hydrogen-bond acceptors (Lipinski definition) is 6. The van der Waals surface area contributed by atoms with Crippen molar-refractivity contribution in [3.05, 3.63) is 24.4 Å². The van der Waals surface area contributed by atoms with Crippen molar-refractivity contribution >= 4 is 17.9 Å². The van der Waals surface area contributed by atoms with E-state index in [0.717, 1.165) is 38.5 Å². The van der Waals surface area contributed by atoms with Crippen molar-refractivity contribution in [1.29, 1.82) is 0 Å². The number of ether oxygens (including phenoxy) is 1. The molecule has 0 aromatic heterocycles. The van der Waals surface area contributed by atoms with Gasteiger partial charge in [0.15, 0.2) is 0 Å². The fourth-order valence-electron chi connectivity index (χ4n) is 5.08. The van der Waals surface area contributed by atoms with Crippen molar-refractivity contribution in [1.82, 2.24) is 21.0 Å². The molecular weight excluding hydrogens is 484 g/mol. The van der Waals surface area contributed by atoms with Crippen LogP contribution >= 0.6 is 0 Å². The Morgan fingerprint density at radius 3 is 2.55 bits per heavy atom. The summed E-state index contributed by atoms with van der Waals surface area (Å²) in [4.78, 5) is 47.2. The van der Waals surface area contributed by atoms with E-state index in [1.807, 2.05) is 0 Å². The largest absolute Gasteiger partial charge is 0.444 e. The molecule has 38 heavy (non-hydrogen) atoms. The van der Waals surface area contributed by atoms with Gasteiger partial charge < -0.3 is 20.3 Å². The number of hydrogen-bond donors (Lipinski definition) is 3. The molecule has 4 atom stereocenters. The lowest BCUT2D eigenvalue weighted by Gasteiger charge is -2.31. The van der Waals surface area contributed by atoms with Crippen LogP contribution in [0.15, 0.2) is 24.4 Å². The van der Waals surface area contributed by atoms with Gasteiger partial charge in [0, 0.05) is 12.5 Å². The van der Waals surface area contributed by atoms with E-state index in [1.54, 1.807) is 25.7 Å². The number of fused-ring (bicyclic) bond motifs is 2. The van der Waals surface area contributed by atoms with Gasteiger partial charge in [-0.25, -0.2) is 4.79 Å². The highest BCUT2D eigenvalue weighted by Crippen LogP contribution is 2.49. The number of carbonyl (C=O) groups excluding carboxylic acids is 3. The molecule has 2 aliphatic heterocycles. The summed E-state index contributed by atoms with van der Waals surface area (Å²) >= 11 is 0. The highest BCUT2D eigenvalue weighted by molar-refractivity contribution is 5.92. The molecule has 2 heterocycles. The van der Waals surface area contributed by atoms with E-state index in [2.05, 4.69) is 55.6 Å². The van der Waals surface area contributed by atoms with Gasteiger partial charge in [-0.3, -0.25) is 19.9 Å². The molecule has 1 saturated carbocycles. The quantitative estimate of drug-likeness (QED) is 0.359. The van der Waals surface area contributed by atoms with Crippen LogP contribution in [0.2, 0.25) is 0 Å². The first-order valence-corrected chi connectivity index (χ1v) is 14.1. The molecule has 3 amide bonds. The number of amides is 3. The van der Waals surface area contributed by atoms with E-state index in [-0.39, 0.29) is 23.1 Å². The summed E-state index contributed by atoms with van der Waals surface area (Å²) in [6.07, 6.45) is 9.89. The fraction of sp³-hybridized carbons (Fsp3) is 0.759. The van der Waals surface area contributed by atoms with Crippen molar-refractivity contribution in [3.63, 3.8) is 0 Å². The van der Waals surface area contributed by atoms with Crippen LogP contribution in [0.3, 0.4) is 0 Å². The maximum atomic E-state index is 13.7. The van der Waals surface area contributed by atoms with E-state index in [9.17, 15) is 14.4 Å². The number of nitrogens with zero attached hydrogens (tertiary/aromatic N) is 1. The molecule has 1 saturated heterocycles. The molecule has 9 nitrogen and oxygen atoms in total. The lowest BCUT2D eigenvalue weighted by Crippen LogP contribution is -2.56. The van der Waals surface area contributed by atoms with Crippen LogP contribution < -0.4 is 16.1 Å². The van der Waals surface area contributed by atoms with E-state index in [4.69, 9.17) is 9.57 Å². The smallest absolute Gasteiger partial charge is 0.408 e. The maximum Gasteiger partial charge on any atom is 0.408 e. The van der Waals surface area contributed by atoms with Crippen molar-refractivity contribution in [2.75, 3.05) is 13.2 Å². The number of hydroxylamine groups is 1. The van der Waals surface area contributed by atoms with Crippen molar-refractivity contribution < 1.29 is 24.0 Å². The van der Waals surface area contributed by atoms with Crippen LogP contribution in [-0.4, -0.2) is 59.2 Å². The highest BCUT2D eigenvalue weighted by Gasteiger charge is 2.57. The first kappa shape index (κ1) is 30.0. The minimum Gasteiger partial charge on any atom is -0.444 e. The average Bonchev–Trinajstić information content (AvgIpc) is 3.25. The fourth-order valence-corrected chi connectivity index (χ4v) is 5.08. The van der Waals surface area contributed by atoms with Crippen LogP contribution in [0.5, 0.6) is 0 Å². The molecule has 214 valence electrons. The summed E-state index contributed by atoms with van der Waals surface area (Å²) in [7, 11) is 0. The molecule has 0 aromatic carbocycles. The zero-order valence-electron chi connectivity index (χ0n) is 24.2. The lowest BCUT2D eigenvalue weighted by atomic mass is 9.99. The molecule has 3 aliphatic rings. The summed E-state index contributed by atoms with van der Waals surface area (Å²) in [5.41, 5.74) is 2.26. The van der Waals surface area contributed by atoms with Gasteiger partial charge in [-0.05, 0) is 64.7 Å². The molecule has 0 spiro atoms. The zero-order chi connectivity index (χ0) is 28.1. The van der Waals surface area contributed by atoms with Crippen LogP contribution in [0.25, 0.3) is 0 Å². The van der Waals surface area contributed by atoms with Gasteiger partial charge in [-0.15, -0.1) is 0 Å². The highest BCUT2D eigenvalue weighted by atomic mass is 16.6. The number of carbonyl (C=O) groups is 3. The first-order valence-electron chi connectivity index (χ1n) is 14.1. The second-order valence-corrected chi connectivity index (χ2v) is 13.2. The Balaban J connectivity index is 1.78. The van der Waals surface area contributed by atoms with E-state index < -0.39 is 29.3 Å². The normalized spacial score (nSPS) is 29.6. The third-order valence-corrected chi connectivity index (χ3v) is 7.16. The van der Waals surface area contributed by atoms with E-state index in [0.29, 0.717) is 31.7 Å². The maximum absolute atomic E-state index is 13.7. The van der Waals surface area contributed by atoms with Gasteiger partial charge in [0.25, 0.3) is 0 Å². The standard InChI is InChI=1S/C29H48N4O5/c1-20(32-37-19-27(2,3)4)29-18-21(29)14-11-9-8-10-12-15-22(30-26(36)38-28(5,6)7)25(35)33-17-13-16-23(33)24(34)31-29/h11,14,21-23,32H,1,8-10,12-13,15-19H2,2-7H3,(H,30,36)(H,31,34)/b14-11-/t21-,22+,23+,29+/m1/s1. The van der Waals surface area contributed by atoms with Gasteiger partial charge in [0.2, 0.25) is 11.8 Å². The van der Waals surface area contributed by atoms with Crippen LogP contribution in [-0.2, 0) is 19.2 Å². The molecule has 9 heteroatoms. The Kier molecular flexibility index (Phi) is 9.55. The Morgan fingerprint density at radius 2 is 1.87 bits per heavy atom. The van der Waals surface area contributed by atoms with Gasteiger partial charge in [-0.2, -0.15) is 0 Å². The molecule has 1 aliphatic carbocycles. The first-order chi connectivity index (χ1) is 17.7. The number of nitrogens with one attached hydrogen (secondary N) is 3. The van der Waals surface area contributed by atoms with E-state index in [1.165, 1.54) is 0 Å². The molecule has 3 N–H and O–H groups in total. The van der Waals surface area contributed by atoms with Gasteiger partial charge >= 0.3 is 6.09 Å². The minimum absolute atomic E-state index is 0.0204. The third-order valence-electron chi connectivity index (χ3n) is 7.16. The van der Waals surface area contributed by atoms with Gasteiger partial charge in [0.05, 0.1) is 17.8 Å². The lowest BCUT2D eigenvalue weighted by molar-refractivity contribution is -0.140. The SMILES string of the molecule is C=C(NOCC(C)(C)C)[C@@]12C[C@H]1/C=C\CCCCC[C@H](NC(=O)OC(C)(C)C)C(=O)N1CCC[C@H]1C(=O)N2. The minimum atomic E-state index is -0.732. The summed E-state index contributed by atoms with van der Waals surface area (Å²) in [5.74, 6) is -0.313. The second-order valence-electron chi connectivity index (χ2n) is 13.2. The van der Waals surface area contributed by atoms with Crippen LogP contribution in [0.4, 0.5) is 4.79 Å². The predicted molar refractivity (Wildman–Crippen MR) is 147 cm³/mol. The second kappa shape index (κ2) is 12.1. The molecule has 0 radical (unpaired) electrons. The van der Waals surface area contributed by atoms with Gasteiger partial charge in [-0.1, -0.05) is 52.3 Å². The summed E-state index contributed by atoms with van der Waals surface area (Å²) in [6.45, 7) is 16.8.